The van der Waals surface area contributed by atoms with Gasteiger partial charge in [0.15, 0.2) is 0 Å². The zero-order valence-electron chi connectivity index (χ0n) is 10.6. The number of nitrogens with zero attached hydrogens (tertiary/aromatic N) is 1. The van der Waals surface area contributed by atoms with E-state index in [9.17, 15) is 4.79 Å². The minimum atomic E-state index is 0.259. The lowest BCUT2D eigenvalue weighted by Gasteiger charge is -2.19. The van der Waals surface area contributed by atoms with Gasteiger partial charge in [-0.2, -0.15) is 0 Å². The molecule has 2 rings (SSSR count). The average molecular weight is 224 g/mol. The van der Waals surface area contributed by atoms with E-state index in [1.807, 2.05) is 11.9 Å². The fourth-order valence-corrected chi connectivity index (χ4v) is 2.45. The molecule has 3 heteroatoms. The highest BCUT2D eigenvalue weighted by molar-refractivity contribution is 5.78. The molecule has 0 bridgehead atoms. The van der Waals surface area contributed by atoms with Gasteiger partial charge in [-0.25, -0.2) is 0 Å². The van der Waals surface area contributed by atoms with E-state index in [1.54, 1.807) is 0 Å². The quantitative estimate of drug-likeness (QED) is 0.715. The molecule has 0 spiro atoms. The standard InChI is InChI=1S/C13H24N2O/c1-3-6-13(7-8-13)10-14-9-12(16)15(2)11-4-5-11/h11,14H,3-10H2,1-2H3. The van der Waals surface area contributed by atoms with Crippen molar-refractivity contribution in [3.05, 3.63) is 0 Å². The van der Waals surface area contributed by atoms with Gasteiger partial charge >= 0.3 is 0 Å². The second-order valence-electron chi connectivity index (χ2n) is 5.59. The number of likely N-dealkylation sites (N-methyl/N-ethyl adjacent to an activating group) is 1. The van der Waals surface area contributed by atoms with Crippen molar-refractivity contribution in [1.29, 1.82) is 0 Å². The van der Waals surface area contributed by atoms with E-state index < -0.39 is 0 Å². The molecule has 0 atom stereocenters. The number of carbonyl (C=O) groups is 1. The Bertz CT molecular complexity index is 257. The molecule has 0 heterocycles. The highest BCUT2D eigenvalue weighted by Crippen LogP contribution is 2.48. The minimum Gasteiger partial charge on any atom is -0.342 e. The van der Waals surface area contributed by atoms with Crippen molar-refractivity contribution < 1.29 is 4.79 Å². The predicted molar refractivity (Wildman–Crippen MR) is 65.2 cm³/mol. The number of amides is 1. The van der Waals surface area contributed by atoms with Crippen LogP contribution < -0.4 is 5.32 Å². The molecule has 0 aromatic carbocycles. The molecule has 0 saturated heterocycles. The first-order valence-electron chi connectivity index (χ1n) is 6.63. The third-order valence-corrected chi connectivity index (χ3v) is 4.00. The van der Waals surface area contributed by atoms with E-state index in [1.165, 1.54) is 38.5 Å². The Labute approximate surface area is 98.6 Å². The molecule has 16 heavy (non-hydrogen) atoms. The van der Waals surface area contributed by atoms with Crippen molar-refractivity contribution in [1.82, 2.24) is 10.2 Å². The third kappa shape index (κ3) is 2.97. The van der Waals surface area contributed by atoms with Gasteiger partial charge in [-0.05, 0) is 37.5 Å². The summed E-state index contributed by atoms with van der Waals surface area (Å²) in [5.74, 6) is 0.259. The maximum Gasteiger partial charge on any atom is 0.236 e. The zero-order valence-corrected chi connectivity index (χ0v) is 10.6. The fraction of sp³-hybridized carbons (Fsp3) is 0.923. The Morgan fingerprint density at radius 1 is 1.44 bits per heavy atom. The van der Waals surface area contributed by atoms with Gasteiger partial charge in [0.1, 0.15) is 0 Å². The van der Waals surface area contributed by atoms with Gasteiger partial charge in [0.25, 0.3) is 0 Å². The van der Waals surface area contributed by atoms with E-state index >= 15 is 0 Å². The number of hydrogen-bond donors (Lipinski definition) is 1. The normalized spacial score (nSPS) is 21.9. The van der Waals surface area contributed by atoms with Crippen LogP contribution in [0.15, 0.2) is 0 Å². The third-order valence-electron chi connectivity index (χ3n) is 4.00. The molecule has 0 aromatic heterocycles. The van der Waals surface area contributed by atoms with Crippen LogP contribution in [-0.2, 0) is 4.79 Å². The largest absolute Gasteiger partial charge is 0.342 e. The molecule has 2 saturated carbocycles. The van der Waals surface area contributed by atoms with Crippen molar-refractivity contribution in [2.24, 2.45) is 5.41 Å². The van der Waals surface area contributed by atoms with Crippen molar-refractivity contribution >= 4 is 5.91 Å². The first kappa shape index (κ1) is 11.9. The van der Waals surface area contributed by atoms with Crippen molar-refractivity contribution in [3.8, 4) is 0 Å². The number of hydrogen-bond acceptors (Lipinski definition) is 2. The number of rotatable bonds is 7. The summed E-state index contributed by atoms with van der Waals surface area (Å²) in [6.07, 6.45) is 7.66. The van der Waals surface area contributed by atoms with Crippen LogP contribution in [-0.4, -0.2) is 37.0 Å². The lowest BCUT2D eigenvalue weighted by Crippen LogP contribution is -2.38. The molecule has 0 aromatic rings. The molecular formula is C13H24N2O. The van der Waals surface area contributed by atoms with Crippen LogP contribution in [0.2, 0.25) is 0 Å². The van der Waals surface area contributed by atoms with Crippen molar-refractivity contribution in [2.75, 3.05) is 20.1 Å². The molecule has 3 nitrogen and oxygen atoms in total. The van der Waals surface area contributed by atoms with Gasteiger partial charge in [-0.3, -0.25) is 4.79 Å². The number of carbonyl (C=O) groups excluding carboxylic acids is 1. The molecule has 2 aliphatic rings. The maximum absolute atomic E-state index is 11.8. The summed E-state index contributed by atoms with van der Waals surface area (Å²) in [7, 11) is 1.93. The SMILES string of the molecule is CCCC1(CNCC(=O)N(C)C2CC2)CC1. The Hall–Kier alpha value is -0.570. The van der Waals surface area contributed by atoms with Crippen LogP contribution in [0.4, 0.5) is 0 Å². The van der Waals surface area contributed by atoms with E-state index in [4.69, 9.17) is 0 Å². The predicted octanol–water partition coefficient (Wildman–Crippen LogP) is 1.78. The smallest absolute Gasteiger partial charge is 0.236 e. The summed E-state index contributed by atoms with van der Waals surface area (Å²) in [5.41, 5.74) is 0.549. The van der Waals surface area contributed by atoms with Gasteiger partial charge in [0.05, 0.1) is 6.54 Å². The highest BCUT2D eigenvalue weighted by atomic mass is 16.2. The molecule has 2 aliphatic carbocycles. The lowest BCUT2D eigenvalue weighted by atomic mass is 10.0. The molecule has 2 fully saturated rings. The van der Waals surface area contributed by atoms with E-state index in [0.29, 0.717) is 18.0 Å². The highest BCUT2D eigenvalue weighted by Gasteiger charge is 2.41. The zero-order chi connectivity index (χ0) is 11.6. The van der Waals surface area contributed by atoms with Crippen LogP contribution >= 0.6 is 0 Å². The monoisotopic (exact) mass is 224 g/mol. The van der Waals surface area contributed by atoms with Gasteiger partial charge < -0.3 is 10.2 Å². The molecule has 0 radical (unpaired) electrons. The summed E-state index contributed by atoms with van der Waals surface area (Å²) in [6, 6.07) is 0.542. The summed E-state index contributed by atoms with van der Waals surface area (Å²) in [5, 5.41) is 3.35. The maximum atomic E-state index is 11.8. The van der Waals surface area contributed by atoms with Crippen LogP contribution in [0.25, 0.3) is 0 Å². The number of nitrogens with one attached hydrogen (secondary N) is 1. The Kier molecular flexibility index (Phi) is 3.53. The molecular weight excluding hydrogens is 200 g/mol. The molecule has 1 N–H and O–H groups in total. The summed E-state index contributed by atoms with van der Waals surface area (Å²) < 4.78 is 0. The molecule has 0 unspecified atom stereocenters. The molecule has 92 valence electrons. The van der Waals surface area contributed by atoms with Gasteiger partial charge in [-0.1, -0.05) is 13.3 Å². The van der Waals surface area contributed by atoms with Crippen molar-refractivity contribution in [3.63, 3.8) is 0 Å². The minimum absolute atomic E-state index is 0.259. The van der Waals surface area contributed by atoms with E-state index in [-0.39, 0.29) is 5.91 Å². The van der Waals surface area contributed by atoms with Crippen LogP contribution in [0.5, 0.6) is 0 Å². The first-order valence-corrected chi connectivity index (χ1v) is 6.63. The topological polar surface area (TPSA) is 32.3 Å². The van der Waals surface area contributed by atoms with E-state index in [0.717, 1.165) is 6.54 Å². The van der Waals surface area contributed by atoms with Gasteiger partial charge in [0.2, 0.25) is 5.91 Å². The molecule has 0 aliphatic heterocycles. The first-order chi connectivity index (χ1) is 7.67. The second kappa shape index (κ2) is 4.74. The van der Waals surface area contributed by atoms with Gasteiger partial charge in [0, 0.05) is 19.6 Å². The molecule has 1 amide bonds. The van der Waals surface area contributed by atoms with Crippen LogP contribution in [0.1, 0.15) is 45.4 Å². The summed E-state index contributed by atoms with van der Waals surface area (Å²) in [4.78, 5) is 13.7. The summed E-state index contributed by atoms with van der Waals surface area (Å²) in [6.45, 7) is 3.80. The Balaban J connectivity index is 1.62. The van der Waals surface area contributed by atoms with E-state index in [2.05, 4.69) is 12.2 Å². The van der Waals surface area contributed by atoms with Crippen molar-refractivity contribution in [2.45, 2.75) is 51.5 Å². The fourth-order valence-electron chi connectivity index (χ4n) is 2.45. The Morgan fingerprint density at radius 2 is 2.12 bits per heavy atom. The van der Waals surface area contributed by atoms with Crippen LogP contribution in [0, 0.1) is 5.41 Å². The second-order valence-corrected chi connectivity index (χ2v) is 5.59. The van der Waals surface area contributed by atoms with Gasteiger partial charge in [-0.15, -0.1) is 0 Å². The average Bonchev–Trinajstić information content (AvgIpc) is 3.12. The lowest BCUT2D eigenvalue weighted by molar-refractivity contribution is -0.129. The summed E-state index contributed by atoms with van der Waals surface area (Å²) >= 11 is 0. The Morgan fingerprint density at radius 3 is 2.62 bits per heavy atom. The van der Waals surface area contributed by atoms with Crippen LogP contribution in [0.3, 0.4) is 0 Å².